The van der Waals surface area contributed by atoms with E-state index in [-0.39, 0.29) is 13.6 Å². The predicted molar refractivity (Wildman–Crippen MR) is 86.8 cm³/mol. The summed E-state index contributed by atoms with van der Waals surface area (Å²) >= 11 is 0. The van der Waals surface area contributed by atoms with Gasteiger partial charge in [-0.2, -0.15) is 0 Å². The third-order valence-corrected chi connectivity index (χ3v) is 5.10. The normalized spacial score (nSPS) is 47.8. The Morgan fingerprint density at radius 1 is 0.679 bits per heavy atom. The molecule has 3 heterocycles. The third kappa shape index (κ3) is 4.33. The molecule has 0 aromatic heterocycles. The van der Waals surface area contributed by atoms with Crippen molar-refractivity contribution in [1.29, 1.82) is 0 Å². The van der Waals surface area contributed by atoms with Gasteiger partial charge in [0.25, 0.3) is 0 Å². The van der Waals surface area contributed by atoms with Gasteiger partial charge in [-0.3, -0.25) is 0 Å². The molecule has 0 amide bonds. The highest BCUT2D eigenvalue weighted by Crippen LogP contribution is 2.30. The second kappa shape index (κ2) is 10.0. The van der Waals surface area contributed by atoms with E-state index < -0.39 is 74.6 Å². The highest BCUT2D eigenvalue weighted by molar-refractivity contribution is 4.93. The number of rotatable bonds is 4. The minimum Gasteiger partial charge on any atom is -0.394 e. The summed E-state index contributed by atoms with van der Waals surface area (Å²) in [6, 6.07) is 0. The Hall–Kier alpha value is -0.480. The number of hydrogen-bond donors (Lipinski definition) is 4. The van der Waals surface area contributed by atoms with Crippen LogP contribution in [-0.2, 0) is 37.9 Å². The summed E-state index contributed by atoms with van der Waals surface area (Å²) in [6.07, 6.45) is -9.77. The zero-order valence-electron chi connectivity index (χ0n) is 15.7. The summed E-state index contributed by atoms with van der Waals surface area (Å²) < 4.78 is 44.1. The molecule has 3 aliphatic rings. The van der Waals surface area contributed by atoms with Gasteiger partial charge in [-0.25, -0.2) is 0 Å². The van der Waals surface area contributed by atoms with Crippen molar-refractivity contribution >= 4 is 0 Å². The molecule has 10 atom stereocenters. The fourth-order valence-electron chi connectivity index (χ4n) is 3.59. The summed E-state index contributed by atoms with van der Waals surface area (Å²) in [5, 5.41) is 39.7. The SMILES string of the molecule is CO[C@H]1O[C@H](CO)[C@@H](O)[C@@H]2OCO[C@H]3[C@H](O)[C@@H](CO)O[C@H](OC)[C@@H]3OCO[C@@H]12. The number of methoxy groups -OCH3 is 2. The monoisotopic (exact) mass is 412 g/mol. The van der Waals surface area contributed by atoms with Crippen LogP contribution in [0, 0.1) is 0 Å². The molecule has 0 aromatic carbocycles. The molecule has 3 rings (SSSR count). The second-order valence-electron chi connectivity index (χ2n) is 6.66. The van der Waals surface area contributed by atoms with E-state index in [4.69, 9.17) is 37.9 Å². The van der Waals surface area contributed by atoms with Crippen molar-refractivity contribution in [3.63, 3.8) is 0 Å². The molecule has 0 bridgehead atoms. The van der Waals surface area contributed by atoms with Gasteiger partial charge in [-0.15, -0.1) is 0 Å². The zero-order valence-corrected chi connectivity index (χ0v) is 15.7. The van der Waals surface area contributed by atoms with Crippen LogP contribution in [0.5, 0.6) is 0 Å². The highest BCUT2D eigenvalue weighted by atomic mass is 16.8. The Labute approximate surface area is 161 Å². The lowest BCUT2D eigenvalue weighted by molar-refractivity contribution is -0.369. The maximum Gasteiger partial charge on any atom is 0.186 e. The van der Waals surface area contributed by atoms with E-state index in [9.17, 15) is 20.4 Å². The highest BCUT2D eigenvalue weighted by Gasteiger charge is 2.50. The summed E-state index contributed by atoms with van der Waals surface area (Å²) in [5.74, 6) is 0. The van der Waals surface area contributed by atoms with E-state index >= 15 is 0 Å². The maximum atomic E-state index is 10.4. The Kier molecular flexibility index (Phi) is 7.95. The number of aliphatic hydroxyl groups is 4. The lowest BCUT2D eigenvalue weighted by Gasteiger charge is -2.46. The summed E-state index contributed by atoms with van der Waals surface area (Å²) in [5.41, 5.74) is 0. The fourth-order valence-corrected chi connectivity index (χ4v) is 3.59. The molecule has 0 unspecified atom stereocenters. The standard InChI is InChI=1S/C16H28O12/c1-21-15-13-11(9(19)7(3-17)27-15)23-5-24-12-10(20)8(4-18)28-16(22-2)14(12)26-6-25-13/h7-20H,3-6H2,1-2H3/t7-,8-,9-,10-,11+,12+,13-,14-,15+,16+/m1/s1. The van der Waals surface area contributed by atoms with Gasteiger partial charge in [-0.1, -0.05) is 0 Å². The van der Waals surface area contributed by atoms with Gasteiger partial charge in [0.2, 0.25) is 0 Å². The van der Waals surface area contributed by atoms with Crippen LogP contribution in [0.2, 0.25) is 0 Å². The average molecular weight is 412 g/mol. The topological polar surface area (TPSA) is 155 Å². The molecule has 0 radical (unpaired) electrons. The number of aliphatic hydroxyl groups excluding tert-OH is 4. The van der Waals surface area contributed by atoms with Crippen molar-refractivity contribution < 1.29 is 58.3 Å². The quantitative estimate of drug-likeness (QED) is 0.370. The Morgan fingerprint density at radius 3 is 1.36 bits per heavy atom. The Balaban J connectivity index is 1.77. The molecule has 28 heavy (non-hydrogen) atoms. The average Bonchev–Trinajstić information content (AvgIpc) is 2.72. The van der Waals surface area contributed by atoms with Crippen LogP contribution < -0.4 is 0 Å². The van der Waals surface area contributed by atoms with Gasteiger partial charge in [-0.05, 0) is 0 Å². The van der Waals surface area contributed by atoms with Crippen LogP contribution in [0.25, 0.3) is 0 Å². The molecule has 3 aliphatic heterocycles. The van der Waals surface area contributed by atoms with Gasteiger partial charge in [0.1, 0.15) is 62.4 Å². The van der Waals surface area contributed by atoms with E-state index in [0.29, 0.717) is 0 Å². The fraction of sp³-hybridized carbons (Fsp3) is 1.00. The van der Waals surface area contributed by atoms with Crippen LogP contribution in [0.1, 0.15) is 0 Å². The predicted octanol–water partition coefficient (Wildman–Crippen LogP) is -3.10. The first-order valence-corrected chi connectivity index (χ1v) is 8.96. The first-order chi connectivity index (χ1) is 13.5. The minimum atomic E-state index is -1.21. The molecular weight excluding hydrogens is 384 g/mol. The van der Waals surface area contributed by atoms with E-state index in [2.05, 4.69) is 0 Å². The molecule has 3 fully saturated rings. The molecule has 0 aromatic rings. The Morgan fingerprint density at radius 2 is 1.04 bits per heavy atom. The molecule has 0 spiro atoms. The minimum absolute atomic E-state index is 0.297. The van der Waals surface area contributed by atoms with E-state index in [0.717, 1.165) is 0 Å². The zero-order chi connectivity index (χ0) is 20.3. The van der Waals surface area contributed by atoms with Gasteiger partial charge >= 0.3 is 0 Å². The smallest absolute Gasteiger partial charge is 0.186 e. The number of hydrogen-bond acceptors (Lipinski definition) is 12. The summed E-state index contributed by atoms with van der Waals surface area (Å²) in [6.45, 7) is -1.53. The molecular formula is C16H28O12. The van der Waals surface area contributed by atoms with Gasteiger partial charge in [0.15, 0.2) is 12.6 Å². The van der Waals surface area contributed by atoms with Crippen molar-refractivity contribution in [2.75, 3.05) is 41.0 Å². The largest absolute Gasteiger partial charge is 0.394 e. The van der Waals surface area contributed by atoms with Crippen molar-refractivity contribution in [2.24, 2.45) is 0 Å². The summed E-state index contributed by atoms with van der Waals surface area (Å²) in [4.78, 5) is 0. The van der Waals surface area contributed by atoms with Crippen molar-refractivity contribution in [2.45, 2.75) is 61.4 Å². The van der Waals surface area contributed by atoms with Crippen LogP contribution in [0.4, 0.5) is 0 Å². The maximum absolute atomic E-state index is 10.4. The van der Waals surface area contributed by atoms with Gasteiger partial charge in [0, 0.05) is 14.2 Å². The van der Waals surface area contributed by atoms with Gasteiger partial charge < -0.3 is 58.3 Å². The molecule has 12 heteroatoms. The van der Waals surface area contributed by atoms with Crippen molar-refractivity contribution in [3.8, 4) is 0 Å². The first-order valence-electron chi connectivity index (χ1n) is 8.96. The van der Waals surface area contributed by atoms with Crippen molar-refractivity contribution in [3.05, 3.63) is 0 Å². The van der Waals surface area contributed by atoms with Crippen LogP contribution in [0.15, 0.2) is 0 Å². The molecule has 12 nitrogen and oxygen atoms in total. The van der Waals surface area contributed by atoms with E-state index in [1.165, 1.54) is 14.2 Å². The van der Waals surface area contributed by atoms with Crippen LogP contribution >= 0.6 is 0 Å². The lowest BCUT2D eigenvalue weighted by atomic mass is 9.98. The lowest BCUT2D eigenvalue weighted by Crippen LogP contribution is -2.64. The first kappa shape index (κ1) is 22.2. The molecule has 3 saturated heterocycles. The van der Waals surface area contributed by atoms with E-state index in [1.807, 2.05) is 0 Å². The second-order valence-corrected chi connectivity index (χ2v) is 6.66. The summed E-state index contributed by atoms with van der Waals surface area (Å²) in [7, 11) is 2.79. The van der Waals surface area contributed by atoms with Crippen LogP contribution in [-0.4, -0.2) is 123 Å². The van der Waals surface area contributed by atoms with Gasteiger partial charge in [0.05, 0.1) is 13.2 Å². The van der Waals surface area contributed by atoms with E-state index in [1.54, 1.807) is 0 Å². The Bertz CT molecular complexity index is 441. The number of fused-ring (bicyclic) bond motifs is 2. The third-order valence-electron chi connectivity index (χ3n) is 5.10. The van der Waals surface area contributed by atoms with Crippen molar-refractivity contribution in [1.82, 2.24) is 0 Å². The molecule has 164 valence electrons. The van der Waals surface area contributed by atoms with Crippen LogP contribution in [0.3, 0.4) is 0 Å². The molecule has 0 saturated carbocycles. The molecule has 0 aliphatic carbocycles. The molecule has 4 N–H and O–H groups in total. The number of ether oxygens (including phenoxy) is 8.